The molecular weight excluding hydrogens is 274 g/mol. The zero-order valence-electron chi connectivity index (χ0n) is 11.8. The Morgan fingerprint density at radius 3 is 2.80 bits per heavy atom. The third-order valence-corrected chi connectivity index (χ3v) is 3.49. The summed E-state index contributed by atoms with van der Waals surface area (Å²) in [6, 6.07) is 10.7. The number of carbonyl (C=O) groups excluding carboxylic acids is 1. The molecule has 2 rings (SSSR count). The Morgan fingerprint density at radius 2 is 2.10 bits per heavy atom. The van der Waals surface area contributed by atoms with Crippen LogP contribution in [0.1, 0.15) is 24.8 Å². The summed E-state index contributed by atoms with van der Waals surface area (Å²) in [5.74, 6) is 0.0778. The molecule has 3 N–H and O–H groups in total. The van der Waals surface area contributed by atoms with Gasteiger partial charge in [0.1, 0.15) is 0 Å². The lowest BCUT2D eigenvalue weighted by Gasteiger charge is -2.33. The first kappa shape index (κ1) is 17.0. The van der Waals surface area contributed by atoms with Crippen LogP contribution in [0.4, 0.5) is 0 Å². The Kier molecular flexibility index (Phi) is 7.59. The molecule has 1 aromatic rings. The topological polar surface area (TPSA) is 58.4 Å². The Labute approximate surface area is 127 Å². The summed E-state index contributed by atoms with van der Waals surface area (Å²) < 4.78 is 0. The van der Waals surface area contributed by atoms with Crippen LogP contribution < -0.4 is 11.1 Å². The minimum atomic E-state index is 0. The molecule has 1 aliphatic heterocycles. The van der Waals surface area contributed by atoms with Crippen molar-refractivity contribution in [3.63, 3.8) is 0 Å². The van der Waals surface area contributed by atoms with Gasteiger partial charge in [-0.15, -0.1) is 12.4 Å². The average Bonchev–Trinajstić information content (AvgIpc) is 2.40. The number of nitrogens with two attached hydrogens (primary N) is 1. The van der Waals surface area contributed by atoms with Gasteiger partial charge in [0.2, 0.25) is 5.91 Å². The molecule has 1 amide bonds. The highest BCUT2D eigenvalue weighted by Crippen LogP contribution is 2.13. The molecule has 1 saturated heterocycles. The predicted molar refractivity (Wildman–Crippen MR) is 83.8 cm³/mol. The minimum absolute atomic E-state index is 0. The van der Waals surface area contributed by atoms with E-state index in [1.54, 1.807) is 0 Å². The second-order valence-electron chi connectivity index (χ2n) is 5.17. The normalized spacial score (nSPS) is 19.1. The molecule has 0 aromatic heterocycles. The van der Waals surface area contributed by atoms with Gasteiger partial charge >= 0.3 is 0 Å². The largest absolute Gasteiger partial charge is 0.352 e. The standard InChI is InChI=1S/C15H23N3O.ClH/c16-9-8-15(19)17-14-7-4-10-18(12-14)11-13-5-2-1-3-6-13;/h1-3,5-6,14H,4,7-12,16H2,(H,17,19);1H. The van der Waals surface area contributed by atoms with Gasteiger partial charge in [-0.05, 0) is 24.9 Å². The van der Waals surface area contributed by atoms with Crippen LogP contribution in [0.2, 0.25) is 0 Å². The SMILES string of the molecule is Cl.NCCC(=O)NC1CCCN(Cc2ccccc2)C1. The molecule has 1 aliphatic rings. The fourth-order valence-electron chi connectivity index (χ4n) is 2.59. The number of amides is 1. The molecule has 0 saturated carbocycles. The number of likely N-dealkylation sites (tertiary alicyclic amines) is 1. The third-order valence-electron chi connectivity index (χ3n) is 3.49. The van der Waals surface area contributed by atoms with Crippen molar-refractivity contribution in [1.29, 1.82) is 0 Å². The zero-order chi connectivity index (χ0) is 13.5. The third kappa shape index (κ3) is 5.49. The maximum Gasteiger partial charge on any atom is 0.221 e. The Morgan fingerprint density at radius 1 is 1.35 bits per heavy atom. The first-order chi connectivity index (χ1) is 9.28. The highest BCUT2D eigenvalue weighted by molar-refractivity contribution is 5.85. The van der Waals surface area contributed by atoms with Crippen LogP contribution in [0.3, 0.4) is 0 Å². The van der Waals surface area contributed by atoms with E-state index in [2.05, 4.69) is 34.5 Å². The van der Waals surface area contributed by atoms with Crippen LogP contribution in [-0.4, -0.2) is 36.5 Å². The number of nitrogens with zero attached hydrogens (tertiary/aromatic N) is 1. The Bertz CT molecular complexity index is 399. The van der Waals surface area contributed by atoms with Gasteiger partial charge in [0, 0.05) is 32.1 Å². The fourth-order valence-corrected chi connectivity index (χ4v) is 2.59. The van der Waals surface area contributed by atoms with Crippen molar-refractivity contribution >= 4 is 18.3 Å². The first-order valence-corrected chi connectivity index (χ1v) is 7.03. The van der Waals surface area contributed by atoms with Crippen molar-refractivity contribution in [3.8, 4) is 0 Å². The highest BCUT2D eigenvalue weighted by Gasteiger charge is 2.20. The van der Waals surface area contributed by atoms with E-state index in [4.69, 9.17) is 5.73 Å². The monoisotopic (exact) mass is 297 g/mol. The molecule has 1 aromatic carbocycles. The highest BCUT2D eigenvalue weighted by atomic mass is 35.5. The number of hydrogen-bond acceptors (Lipinski definition) is 3. The Hall–Kier alpha value is -1.10. The average molecular weight is 298 g/mol. The molecule has 1 heterocycles. The van der Waals surface area contributed by atoms with Gasteiger partial charge in [0.25, 0.3) is 0 Å². The first-order valence-electron chi connectivity index (χ1n) is 7.03. The molecular formula is C15H24ClN3O. The number of piperidine rings is 1. The maximum atomic E-state index is 11.6. The van der Waals surface area contributed by atoms with Gasteiger partial charge < -0.3 is 11.1 Å². The number of hydrogen-bond donors (Lipinski definition) is 2. The van der Waals surface area contributed by atoms with Crippen LogP contribution in [0.5, 0.6) is 0 Å². The minimum Gasteiger partial charge on any atom is -0.352 e. The molecule has 0 spiro atoms. The van der Waals surface area contributed by atoms with E-state index in [1.165, 1.54) is 5.56 Å². The second kappa shape index (κ2) is 8.95. The molecule has 112 valence electrons. The van der Waals surface area contributed by atoms with Crippen molar-refractivity contribution in [1.82, 2.24) is 10.2 Å². The van der Waals surface area contributed by atoms with E-state index in [-0.39, 0.29) is 24.4 Å². The van der Waals surface area contributed by atoms with Crippen LogP contribution in [-0.2, 0) is 11.3 Å². The van der Waals surface area contributed by atoms with Gasteiger partial charge in [0.15, 0.2) is 0 Å². The number of nitrogens with one attached hydrogen (secondary N) is 1. The number of rotatable bonds is 5. The van der Waals surface area contributed by atoms with Crippen molar-refractivity contribution in [2.45, 2.75) is 31.8 Å². The maximum absolute atomic E-state index is 11.6. The zero-order valence-corrected chi connectivity index (χ0v) is 12.6. The van der Waals surface area contributed by atoms with Crippen molar-refractivity contribution in [2.24, 2.45) is 5.73 Å². The van der Waals surface area contributed by atoms with E-state index < -0.39 is 0 Å². The van der Waals surface area contributed by atoms with Gasteiger partial charge in [-0.1, -0.05) is 30.3 Å². The molecule has 1 atom stereocenters. The number of carbonyl (C=O) groups is 1. The van der Waals surface area contributed by atoms with E-state index in [9.17, 15) is 4.79 Å². The lowest BCUT2D eigenvalue weighted by atomic mass is 10.0. The molecule has 20 heavy (non-hydrogen) atoms. The number of benzene rings is 1. The van der Waals surface area contributed by atoms with Gasteiger partial charge in [-0.25, -0.2) is 0 Å². The molecule has 0 bridgehead atoms. The molecule has 4 nitrogen and oxygen atoms in total. The molecule has 1 unspecified atom stereocenters. The summed E-state index contributed by atoms with van der Waals surface area (Å²) in [4.78, 5) is 14.0. The summed E-state index contributed by atoms with van der Waals surface area (Å²) >= 11 is 0. The second-order valence-corrected chi connectivity index (χ2v) is 5.17. The van der Waals surface area contributed by atoms with Crippen LogP contribution in [0.15, 0.2) is 30.3 Å². The van der Waals surface area contributed by atoms with Crippen LogP contribution in [0.25, 0.3) is 0 Å². The van der Waals surface area contributed by atoms with Crippen LogP contribution >= 0.6 is 12.4 Å². The van der Waals surface area contributed by atoms with Gasteiger partial charge in [0.05, 0.1) is 0 Å². The summed E-state index contributed by atoms with van der Waals surface area (Å²) in [6.45, 7) is 3.43. The van der Waals surface area contributed by atoms with Crippen molar-refractivity contribution in [3.05, 3.63) is 35.9 Å². The van der Waals surface area contributed by atoms with E-state index in [0.717, 1.165) is 32.5 Å². The molecule has 0 radical (unpaired) electrons. The van der Waals surface area contributed by atoms with E-state index in [1.807, 2.05) is 6.07 Å². The van der Waals surface area contributed by atoms with Gasteiger partial charge in [-0.3, -0.25) is 9.69 Å². The Balaban J connectivity index is 0.00000200. The number of halogens is 1. The van der Waals surface area contributed by atoms with Crippen molar-refractivity contribution < 1.29 is 4.79 Å². The summed E-state index contributed by atoms with van der Waals surface area (Å²) in [6.07, 6.45) is 2.64. The summed E-state index contributed by atoms with van der Waals surface area (Å²) in [7, 11) is 0. The molecule has 5 heteroatoms. The van der Waals surface area contributed by atoms with E-state index in [0.29, 0.717) is 13.0 Å². The quantitative estimate of drug-likeness (QED) is 0.867. The molecule has 0 aliphatic carbocycles. The van der Waals surface area contributed by atoms with Crippen molar-refractivity contribution in [2.75, 3.05) is 19.6 Å². The van der Waals surface area contributed by atoms with Crippen LogP contribution in [0, 0.1) is 0 Å². The predicted octanol–water partition coefficient (Wildman–Crippen LogP) is 1.54. The lowest BCUT2D eigenvalue weighted by Crippen LogP contribution is -2.47. The fraction of sp³-hybridized carbons (Fsp3) is 0.533. The smallest absolute Gasteiger partial charge is 0.221 e. The van der Waals surface area contributed by atoms with Gasteiger partial charge in [-0.2, -0.15) is 0 Å². The molecule has 1 fully saturated rings. The lowest BCUT2D eigenvalue weighted by molar-refractivity contribution is -0.122. The summed E-state index contributed by atoms with van der Waals surface area (Å²) in [5.41, 5.74) is 6.72. The van der Waals surface area contributed by atoms with E-state index >= 15 is 0 Å². The summed E-state index contributed by atoms with van der Waals surface area (Å²) in [5, 5.41) is 3.07.